The number of nitrogens with zero attached hydrogens (tertiary/aromatic N) is 2. The fraction of sp³-hybridized carbons (Fsp3) is 0.562. The van der Waals surface area contributed by atoms with Crippen LogP contribution < -0.4 is 0 Å². The Labute approximate surface area is 109 Å². The second kappa shape index (κ2) is 4.75. The molecule has 0 N–H and O–H groups in total. The van der Waals surface area contributed by atoms with Crippen LogP contribution in [0.15, 0.2) is 18.5 Å². The van der Waals surface area contributed by atoms with Crippen LogP contribution in [0.3, 0.4) is 0 Å². The van der Waals surface area contributed by atoms with Gasteiger partial charge in [0, 0.05) is 6.54 Å². The molecule has 0 bridgehead atoms. The van der Waals surface area contributed by atoms with Crippen LogP contribution in [0, 0.1) is 19.8 Å². The van der Waals surface area contributed by atoms with E-state index in [4.69, 9.17) is 0 Å². The molecule has 0 unspecified atom stereocenters. The Morgan fingerprint density at radius 1 is 1.11 bits per heavy atom. The van der Waals surface area contributed by atoms with Crippen molar-refractivity contribution in [1.29, 1.82) is 0 Å². The predicted octanol–water partition coefficient (Wildman–Crippen LogP) is 4.23. The lowest BCUT2D eigenvalue weighted by atomic mass is 9.89. The van der Waals surface area contributed by atoms with Crippen molar-refractivity contribution >= 4 is 11.0 Å². The number of imidazole rings is 1. The highest BCUT2D eigenvalue weighted by Crippen LogP contribution is 2.27. The number of hydrogen-bond donors (Lipinski definition) is 0. The summed E-state index contributed by atoms with van der Waals surface area (Å²) < 4.78 is 2.36. The van der Waals surface area contributed by atoms with Crippen molar-refractivity contribution in [1.82, 2.24) is 9.55 Å². The summed E-state index contributed by atoms with van der Waals surface area (Å²) in [6.07, 6.45) is 9.07. The first kappa shape index (κ1) is 11.8. The highest BCUT2D eigenvalue weighted by molar-refractivity contribution is 5.77. The number of rotatable bonds is 2. The number of aryl methyl sites for hydroxylation is 2. The molecule has 1 heterocycles. The van der Waals surface area contributed by atoms with E-state index in [9.17, 15) is 0 Å². The second-order valence-corrected chi connectivity index (χ2v) is 5.83. The van der Waals surface area contributed by atoms with Gasteiger partial charge in [-0.15, -0.1) is 0 Å². The molecular formula is C16H22N2. The van der Waals surface area contributed by atoms with Crippen LogP contribution in [0.1, 0.15) is 43.2 Å². The van der Waals surface area contributed by atoms with E-state index >= 15 is 0 Å². The van der Waals surface area contributed by atoms with E-state index in [-0.39, 0.29) is 0 Å². The van der Waals surface area contributed by atoms with Gasteiger partial charge in [0.2, 0.25) is 0 Å². The normalized spacial score (nSPS) is 17.4. The number of hydrogen-bond acceptors (Lipinski definition) is 1. The van der Waals surface area contributed by atoms with Crippen molar-refractivity contribution in [3.8, 4) is 0 Å². The fourth-order valence-corrected chi connectivity index (χ4v) is 3.11. The topological polar surface area (TPSA) is 17.8 Å². The van der Waals surface area contributed by atoms with Crippen molar-refractivity contribution in [3.63, 3.8) is 0 Å². The third-order valence-corrected chi connectivity index (χ3v) is 4.42. The van der Waals surface area contributed by atoms with Crippen molar-refractivity contribution in [2.24, 2.45) is 5.92 Å². The average molecular weight is 242 g/mol. The lowest BCUT2D eigenvalue weighted by Crippen LogP contribution is -2.13. The molecule has 2 aromatic rings. The Kier molecular flexibility index (Phi) is 3.11. The molecule has 1 aliphatic rings. The molecule has 0 aliphatic heterocycles. The first-order chi connectivity index (χ1) is 8.74. The lowest BCUT2D eigenvalue weighted by Gasteiger charge is -2.22. The number of aromatic nitrogens is 2. The molecule has 0 atom stereocenters. The van der Waals surface area contributed by atoms with Gasteiger partial charge < -0.3 is 4.57 Å². The molecule has 1 aromatic carbocycles. The lowest BCUT2D eigenvalue weighted by molar-refractivity contribution is 0.322. The molecule has 1 fully saturated rings. The van der Waals surface area contributed by atoms with Gasteiger partial charge in [-0.2, -0.15) is 0 Å². The summed E-state index contributed by atoms with van der Waals surface area (Å²) in [6, 6.07) is 4.50. The molecule has 2 heteroatoms. The minimum absolute atomic E-state index is 0.859. The van der Waals surface area contributed by atoms with Gasteiger partial charge in [0.15, 0.2) is 0 Å². The van der Waals surface area contributed by atoms with E-state index in [1.165, 1.54) is 48.7 Å². The molecular weight excluding hydrogens is 220 g/mol. The maximum Gasteiger partial charge on any atom is 0.0958 e. The van der Waals surface area contributed by atoms with Gasteiger partial charge in [-0.1, -0.05) is 19.3 Å². The number of fused-ring (bicyclic) bond motifs is 1. The predicted molar refractivity (Wildman–Crippen MR) is 75.8 cm³/mol. The molecule has 0 saturated heterocycles. The molecule has 1 aromatic heterocycles. The van der Waals surface area contributed by atoms with Gasteiger partial charge in [0.25, 0.3) is 0 Å². The van der Waals surface area contributed by atoms with E-state index in [1.54, 1.807) is 0 Å². The molecule has 1 saturated carbocycles. The minimum atomic E-state index is 0.859. The van der Waals surface area contributed by atoms with E-state index in [2.05, 4.69) is 35.5 Å². The zero-order chi connectivity index (χ0) is 12.5. The van der Waals surface area contributed by atoms with Crippen LogP contribution in [-0.4, -0.2) is 9.55 Å². The fourth-order valence-electron chi connectivity index (χ4n) is 3.11. The van der Waals surface area contributed by atoms with Gasteiger partial charge >= 0.3 is 0 Å². The molecule has 0 radical (unpaired) electrons. The highest BCUT2D eigenvalue weighted by atomic mass is 15.0. The second-order valence-electron chi connectivity index (χ2n) is 5.83. The van der Waals surface area contributed by atoms with Crippen molar-refractivity contribution in [2.45, 2.75) is 52.5 Å². The summed E-state index contributed by atoms with van der Waals surface area (Å²) >= 11 is 0. The van der Waals surface area contributed by atoms with Crippen LogP contribution >= 0.6 is 0 Å². The van der Waals surface area contributed by atoms with Crippen LogP contribution in [0.5, 0.6) is 0 Å². The Bertz CT molecular complexity index is 547. The third-order valence-electron chi connectivity index (χ3n) is 4.42. The first-order valence-electron chi connectivity index (χ1n) is 7.16. The Balaban J connectivity index is 1.89. The van der Waals surface area contributed by atoms with Crippen LogP contribution in [-0.2, 0) is 6.54 Å². The third kappa shape index (κ3) is 2.16. The summed E-state index contributed by atoms with van der Waals surface area (Å²) in [5, 5.41) is 0. The Hall–Kier alpha value is -1.31. The van der Waals surface area contributed by atoms with Gasteiger partial charge in [-0.3, -0.25) is 0 Å². The Morgan fingerprint density at radius 2 is 1.83 bits per heavy atom. The van der Waals surface area contributed by atoms with Crippen molar-refractivity contribution in [2.75, 3.05) is 0 Å². The van der Waals surface area contributed by atoms with Crippen LogP contribution in [0.4, 0.5) is 0 Å². The molecule has 2 nitrogen and oxygen atoms in total. The summed E-state index contributed by atoms with van der Waals surface area (Å²) in [4.78, 5) is 4.55. The molecule has 3 rings (SSSR count). The summed E-state index contributed by atoms with van der Waals surface area (Å²) in [5.41, 5.74) is 5.16. The Morgan fingerprint density at radius 3 is 2.61 bits per heavy atom. The van der Waals surface area contributed by atoms with Gasteiger partial charge in [-0.05, 0) is 55.9 Å². The van der Waals surface area contributed by atoms with E-state index in [0.717, 1.165) is 18.0 Å². The SMILES string of the molecule is Cc1cc2ncn(CC3CCCCC3)c2cc1C. The van der Waals surface area contributed by atoms with Gasteiger partial charge in [-0.25, -0.2) is 4.98 Å². The molecule has 0 amide bonds. The van der Waals surface area contributed by atoms with E-state index in [0.29, 0.717) is 0 Å². The smallest absolute Gasteiger partial charge is 0.0958 e. The maximum absolute atomic E-state index is 4.55. The van der Waals surface area contributed by atoms with E-state index in [1.807, 2.05) is 6.33 Å². The largest absolute Gasteiger partial charge is 0.330 e. The molecule has 18 heavy (non-hydrogen) atoms. The zero-order valence-electron chi connectivity index (χ0n) is 11.4. The molecule has 0 spiro atoms. The quantitative estimate of drug-likeness (QED) is 0.770. The summed E-state index contributed by atoms with van der Waals surface area (Å²) in [5.74, 6) is 0.859. The monoisotopic (exact) mass is 242 g/mol. The zero-order valence-corrected chi connectivity index (χ0v) is 11.4. The van der Waals surface area contributed by atoms with Crippen LogP contribution in [0.2, 0.25) is 0 Å². The standard InChI is InChI=1S/C16H22N2/c1-12-8-15-16(9-13(12)2)18(11-17-15)10-14-6-4-3-5-7-14/h8-9,11,14H,3-7,10H2,1-2H3. The van der Waals surface area contributed by atoms with Gasteiger partial charge in [0.1, 0.15) is 0 Å². The average Bonchev–Trinajstić information content (AvgIpc) is 2.74. The van der Waals surface area contributed by atoms with E-state index < -0.39 is 0 Å². The molecule has 1 aliphatic carbocycles. The van der Waals surface area contributed by atoms with Crippen molar-refractivity contribution < 1.29 is 0 Å². The molecule has 96 valence electrons. The van der Waals surface area contributed by atoms with Crippen LogP contribution in [0.25, 0.3) is 11.0 Å². The summed E-state index contributed by atoms with van der Waals surface area (Å²) in [7, 11) is 0. The number of benzene rings is 1. The van der Waals surface area contributed by atoms with Crippen molar-refractivity contribution in [3.05, 3.63) is 29.6 Å². The maximum atomic E-state index is 4.55. The minimum Gasteiger partial charge on any atom is -0.330 e. The first-order valence-corrected chi connectivity index (χ1v) is 7.16. The summed E-state index contributed by atoms with van der Waals surface area (Å²) in [6.45, 7) is 5.50. The van der Waals surface area contributed by atoms with Gasteiger partial charge in [0.05, 0.1) is 17.4 Å². The highest BCUT2D eigenvalue weighted by Gasteiger charge is 2.15.